The van der Waals surface area contributed by atoms with E-state index in [0.717, 1.165) is 36.7 Å². The summed E-state index contributed by atoms with van der Waals surface area (Å²) >= 11 is 1.77. The van der Waals surface area contributed by atoms with Gasteiger partial charge in [-0.15, -0.1) is 11.8 Å². The number of nitrogens with zero attached hydrogens (tertiary/aromatic N) is 2. The molecule has 3 atom stereocenters. The number of thioether (sulfide) groups is 1. The molecule has 5 heterocycles. The average molecular weight is 372 g/mol. The third-order valence-electron chi connectivity index (χ3n) is 6.58. The number of halogens is 1. The SMILES string of the molecule is O=C1C=C2SC3C[C@@]24CC1[N+]1=c2c4c(c(O)c4c2=C(C=N4)CC1)N3.[Cl-]. The Hall–Kier alpha value is -1.79. The fourth-order valence-electron chi connectivity index (χ4n) is 5.66. The number of phenols is 1. The number of carbonyl (C=O) groups excluding carboxylic acids is 1. The number of benzene rings is 1. The van der Waals surface area contributed by atoms with Gasteiger partial charge < -0.3 is 22.8 Å². The molecule has 7 rings (SSSR count). The third-order valence-corrected chi connectivity index (χ3v) is 7.91. The first-order valence-electron chi connectivity index (χ1n) is 8.47. The summed E-state index contributed by atoms with van der Waals surface area (Å²) < 4.78 is 2.29. The molecule has 1 spiro atoms. The van der Waals surface area contributed by atoms with Gasteiger partial charge in [-0.2, -0.15) is 0 Å². The van der Waals surface area contributed by atoms with Crippen LogP contribution in [0.1, 0.15) is 24.8 Å². The van der Waals surface area contributed by atoms with E-state index in [2.05, 4.69) is 14.9 Å². The Morgan fingerprint density at radius 1 is 1.40 bits per heavy atom. The molecule has 1 aromatic rings. The highest BCUT2D eigenvalue weighted by Gasteiger charge is 2.61. The molecule has 2 unspecified atom stereocenters. The highest BCUT2D eigenvalue weighted by Crippen LogP contribution is 2.62. The predicted molar refractivity (Wildman–Crippen MR) is 92.4 cm³/mol. The van der Waals surface area contributed by atoms with E-state index in [1.807, 2.05) is 12.3 Å². The molecule has 0 radical (unpaired) electrons. The minimum atomic E-state index is -0.0854. The molecule has 1 fully saturated rings. The Labute approximate surface area is 153 Å². The molecule has 1 aliphatic carbocycles. The zero-order chi connectivity index (χ0) is 15.8. The van der Waals surface area contributed by atoms with Crippen molar-refractivity contribution in [3.05, 3.63) is 27.1 Å². The standard InChI is InChI=1S/C18H13N3O2S.ClH/c22-9-3-10-18-4-8(9)21-2-1-7-6-19-14-12(7)16(21)13(18)15(17(14)23)20-11(5-18)24-10;/h3,6,8,11H,1-2,4-5H2,(H,19,20,23);1H/t8?,11?,18-;/m0./s1. The van der Waals surface area contributed by atoms with Gasteiger partial charge in [0.1, 0.15) is 12.2 Å². The van der Waals surface area contributed by atoms with Crippen molar-refractivity contribution in [2.45, 2.75) is 36.1 Å². The summed E-state index contributed by atoms with van der Waals surface area (Å²) in [5, 5.41) is 16.9. The molecule has 5 aliphatic heterocycles. The van der Waals surface area contributed by atoms with Crippen molar-refractivity contribution in [3.63, 3.8) is 0 Å². The number of carbonyl (C=O) groups is 1. The third kappa shape index (κ3) is 1.34. The molecular weight excluding hydrogens is 358 g/mol. The van der Waals surface area contributed by atoms with Crippen LogP contribution in [0.5, 0.6) is 5.75 Å². The molecule has 2 N–H and O–H groups in total. The number of nitrogens with one attached hydrogen (secondary N) is 1. The van der Waals surface area contributed by atoms with Crippen LogP contribution in [0.15, 0.2) is 16.0 Å². The minimum Gasteiger partial charge on any atom is -1.00 e. The lowest BCUT2D eigenvalue weighted by Gasteiger charge is -2.42. The summed E-state index contributed by atoms with van der Waals surface area (Å²) in [5.74, 6) is 0.533. The zero-order valence-electron chi connectivity index (χ0n) is 13.2. The molecule has 0 aromatic heterocycles. The summed E-state index contributed by atoms with van der Waals surface area (Å²) in [6.07, 6.45) is 6.54. The van der Waals surface area contributed by atoms with Gasteiger partial charge in [0.25, 0.3) is 0 Å². The molecule has 25 heavy (non-hydrogen) atoms. The Kier molecular flexibility index (Phi) is 2.37. The van der Waals surface area contributed by atoms with Crippen molar-refractivity contribution in [1.29, 1.82) is 0 Å². The number of hydrogen-bond donors (Lipinski definition) is 2. The van der Waals surface area contributed by atoms with Crippen molar-refractivity contribution in [3.8, 4) is 5.75 Å². The fraction of sp³-hybridized carbons (Fsp3) is 0.389. The number of anilines is 1. The van der Waals surface area contributed by atoms with Crippen molar-refractivity contribution >= 4 is 40.7 Å². The van der Waals surface area contributed by atoms with Crippen molar-refractivity contribution in [2.75, 3.05) is 11.9 Å². The van der Waals surface area contributed by atoms with E-state index < -0.39 is 0 Å². The van der Waals surface area contributed by atoms with Crippen molar-refractivity contribution < 1.29 is 22.3 Å². The first-order valence-corrected chi connectivity index (χ1v) is 9.35. The summed E-state index contributed by atoms with van der Waals surface area (Å²) in [6.45, 7) is 0.858. The molecule has 7 heteroatoms. The number of aliphatic imine (C=N–C) groups is 1. The maximum absolute atomic E-state index is 12.8. The van der Waals surface area contributed by atoms with Crippen LogP contribution in [0.2, 0.25) is 0 Å². The first-order chi connectivity index (χ1) is 11.7. The summed E-state index contributed by atoms with van der Waals surface area (Å²) in [7, 11) is 0. The van der Waals surface area contributed by atoms with Gasteiger partial charge in [-0.05, 0) is 18.1 Å². The van der Waals surface area contributed by atoms with Crippen LogP contribution in [0, 0.1) is 0 Å². The van der Waals surface area contributed by atoms with Gasteiger partial charge in [0.2, 0.25) is 17.2 Å². The quantitative estimate of drug-likeness (QED) is 0.392. The Balaban J connectivity index is 0.00000129. The maximum atomic E-state index is 12.8. The van der Waals surface area contributed by atoms with Crippen LogP contribution < -0.4 is 32.9 Å². The highest BCUT2D eigenvalue weighted by atomic mass is 35.5. The van der Waals surface area contributed by atoms with Gasteiger partial charge in [-0.1, -0.05) is 0 Å². The van der Waals surface area contributed by atoms with Crippen LogP contribution in [0.25, 0.3) is 5.57 Å². The second kappa shape index (κ2) is 4.13. The first kappa shape index (κ1) is 14.4. The number of aromatic hydroxyl groups is 1. The van der Waals surface area contributed by atoms with Crippen LogP contribution in [0.3, 0.4) is 0 Å². The van der Waals surface area contributed by atoms with E-state index in [-0.39, 0.29) is 40.8 Å². The summed E-state index contributed by atoms with van der Waals surface area (Å²) in [4.78, 5) is 18.5. The number of ketones is 1. The Morgan fingerprint density at radius 2 is 2.28 bits per heavy atom. The molecule has 1 saturated heterocycles. The average Bonchev–Trinajstić information content (AvgIpc) is 3.11. The number of phenolic OH excluding ortho intramolecular Hbond substituents is 1. The van der Waals surface area contributed by atoms with E-state index >= 15 is 0 Å². The normalized spacial score (nSPS) is 33.9. The Morgan fingerprint density at radius 3 is 3.16 bits per heavy atom. The topological polar surface area (TPSA) is 64.7 Å². The van der Waals surface area contributed by atoms with Crippen molar-refractivity contribution in [2.24, 2.45) is 4.99 Å². The van der Waals surface area contributed by atoms with Crippen molar-refractivity contribution in [1.82, 2.24) is 4.58 Å². The van der Waals surface area contributed by atoms with E-state index in [9.17, 15) is 9.90 Å². The number of rotatable bonds is 0. The van der Waals surface area contributed by atoms with Crippen LogP contribution in [-0.4, -0.2) is 35.1 Å². The van der Waals surface area contributed by atoms with Gasteiger partial charge in [0.15, 0.2) is 5.75 Å². The molecule has 6 aliphatic rings. The monoisotopic (exact) mass is 371 g/mol. The second-order valence-corrected chi connectivity index (χ2v) is 8.81. The number of fused-ring (bicyclic) bond motifs is 3. The molecular formula is C18H14ClN3O2S. The van der Waals surface area contributed by atoms with Crippen LogP contribution in [0.4, 0.5) is 11.4 Å². The lowest BCUT2D eigenvalue weighted by Crippen LogP contribution is -3.00. The lowest BCUT2D eigenvalue weighted by atomic mass is 9.64. The van der Waals surface area contributed by atoms with E-state index in [1.165, 1.54) is 21.4 Å². The van der Waals surface area contributed by atoms with E-state index in [1.54, 1.807) is 11.8 Å². The molecule has 126 valence electrons. The van der Waals surface area contributed by atoms with Gasteiger partial charge >= 0.3 is 0 Å². The predicted octanol–water partition coefficient (Wildman–Crippen LogP) is -2.48. The Bertz CT molecular complexity index is 1120. The molecule has 5 nitrogen and oxygen atoms in total. The highest BCUT2D eigenvalue weighted by molar-refractivity contribution is 8.04. The number of hydrogen-bond acceptors (Lipinski definition) is 5. The van der Waals surface area contributed by atoms with Crippen LogP contribution in [-0.2, 0) is 10.2 Å². The maximum Gasteiger partial charge on any atom is 0.223 e. The van der Waals surface area contributed by atoms with Gasteiger partial charge in [-0.25, -0.2) is 4.58 Å². The molecule has 3 bridgehead atoms. The van der Waals surface area contributed by atoms with E-state index in [0.29, 0.717) is 5.69 Å². The van der Waals surface area contributed by atoms with Gasteiger partial charge in [0.05, 0.1) is 21.8 Å². The summed E-state index contributed by atoms with van der Waals surface area (Å²) in [6, 6.07) is -0.0534. The molecule has 0 saturated carbocycles. The smallest absolute Gasteiger partial charge is 0.223 e. The summed E-state index contributed by atoms with van der Waals surface area (Å²) in [5.41, 5.74) is 3.89. The van der Waals surface area contributed by atoms with E-state index in [4.69, 9.17) is 0 Å². The lowest BCUT2D eigenvalue weighted by molar-refractivity contribution is -0.118. The fourth-order valence-corrected chi connectivity index (χ4v) is 7.19. The van der Waals surface area contributed by atoms with Gasteiger partial charge in [0, 0.05) is 29.4 Å². The zero-order valence-corrected chi connectivity index (χ0v) is 14.7. The minimum absolute atomic E-state index is 0. The van der Waals surface area contributed by atoms with Gasteiger partial charge in [-0.3, -0.25) is 9.79 Å². The number of allylic oxidation sites excluding steroid dienone is 1. The second-order valence-electron chi connectivity index (χ2n) is 7.57. The molecule has 1 aromatic carbocycles. The largest absolute Gasteiger partial charge is 1.00 e. The van der Waals surface area contributed by atoms with Crippen LogP contribution >= 0.6 is 11.8 Å². The molecule has 0 amide bonds.